The number of nitrogens with zero attached hydrogens (tertiary/aromatic N) is 1. The molecular formula is C19H22N2O7S2. The number of carbonyl (C=O) groups excluding carboxylic acids is 1. The molecule has 9 nitrogen and oxygen atoms in total. The molecule has 2 aromatic rings. The number of anilines is 2. The van der Waals surface area contributed by atoms with Crippen molar-refractivity contribution in [3.8, 4) is 11.5 Å². The molecule has 0 saturated carbocycles. The van der Waals surface area contributed by atoms with E-state index in [0.29, 0.717) is 17.1 Å². The van der Waals surface area contributed by atoms with Gasteiger partial charge in [-0.15, -0.1) is 0 Å². The van der Waals surface area contributed by atoms with E-state index in [-0.39, 0.29) is 22.0 Å². The van der Waals surface area contributed by atoms with Crippen molar-refractivity contribution in [1.29, 1.82) is 0 Å². The van der Waals surface area contributed by atoms with E-state index in [1.807, 2.05) is 0 Å². The largest absolute Gasteiger partial charge is 0.493 e. The molecule has 1 N–H and O–H groups in total. The first kappa shape index (κ1) is 21.9. The number of aryl methyl sites for hydroxylation is 1. The second kappa shape index (κ2) is 7.80. The number of sulfonamides is 2. The normalized spacial score (nSPS) is 18.3. The predicted octanol–water partition coefficient (Wildman–Crippen LogP) is 2.13. The first-order chi connectivity index (χ1) is 14.0. The van der Waals surface area contributed by atoms with Gasteiger partial charge in [-0.3, -0.25) is 9.52 Å². The molecule has 1 amide bonds. The fraction of sp³-hybridized carbons (Fsp3) is 0.316. The lowest BCUT2D eigenvalue weighted by atomic mass is 10.2. The number of rotatable bonds is 6. The zero-order valence-corrected chi connectivity index (χ0v) is 18.5. The summed E-state index contributed by atoms with van der Waals surface area (Å²) in [5.41, 5.74) is 0.678. The molecule has 1 aliphatic rings. The minimum Gasteiger partial charge on any atom is -0.493 e. The first-order valence-electron chi connectivity index (χ1n) is 8.92. The maximum absolute atomic E-state index is 12.9. The summed E-state index contributed by atoms with van der Waals surface area (Å²) in [5, 5.41) is 0. The molecule has 162 valence electrons. The van der Waals surface area contributed by atoms with E-state index in [9.17, 15) is 21.6 Å². The van der Waals surface area contributed by atoms with Crippen LogP contribution in [0.4, 0.5) is 11.4 Å². The molecule has 2 aromatic carbocycles. The fourth-order valence-corrected chi connectivity index (χ4v) is 6.35. The van der Waals surface area contributed by atoms with E-state index in [1.165, 1.54) is 51.5 Å². The van der Waals surface area contributed by atoms with Crippen LogP contribution in [0.3, 0.4) is 0 Å². The summed E-state index contributed by atoms with van der Waals surface area (Å²) in [7, 11) is -4.85. The second-order valence-corrected chi connectivity index (χ2v) is 10.4. The SMILES string of the molecule is COc1ccc(NS(=O)(=O)c2ccc(N3C(=O)C(C)CS3(=O)=O)cc2C)cc1OC. The Morgan fingerprint density at radius 3 is 2.27 bits per heavy atom. The summed E-state index contributed by atoms with van der Waals surface area (Å²) in [5.74, 6) is -0.645. The van der Waals surface area contributed by atoms with Crippen LogP contribution >= 0.6 is 0 Å². The van der Waals surface area contributed by atoms with Gasteiger partial charge >= 0.3 is 0 Å². The lowest BCUT2D eigenvalue weighted by Crippen LogP contribution is -2.30. The van der Waals surface area contributed by atoms with Gasteiger partial charge in [-0.05, 0) is 42.8 Å². The van der Waals surface area contributed by atoms with Gasteiger partial charge in [0.15, 0.2) is 11.5 Å². The van der Waals surface area contributed by atoms with Crippen molar-refractivity contribution in [2.24, 2.45) is 5.92 Å². The van der Waals surface area contributed by atoms with Crippen molar-refractivity contribution in [2.45, 2.75) is 18.7 Å². The van der Waals surface area contributed by atoms with Crippen molar-refractivity contribution in [1.82, 2.24) is 0 Å². The van der Waals surface area contributed by atoms with E-state index in [4.69, 9.17) is 9.47 Å². The summed E-state index contributed by atoms with van der Waals surface area (Å²) >= 11 is 0. The Balaban J connectivity index is 1.94. The number of carbonyl (C=O) groups is 1. The number of methoxy groups -OCH3 is 2. The highest BCUT2D eigenvalue weighted by molar-refractivity contribution is 7.94. The predicted molar refractivity (Wildman–Crippen MR) is 112 cm³/mol. The number of nitrogens with one attached hydrogen (secondary N) is 1. The summed E-state index contributed by atoms with van der Waals surface area (Å²) in [6.45, 7) is 3.07. The van der Waals surface area contributed by atoms with Crippen molar-refractivity contribution in [3.63, 3.8) is 0 Å². The third-order valence-corrected chi connectivity index (χ3v) is 8.09. The molecule has 1 unspecified atom stereocenters. The molecular weight excluding hydrogens is 432 g/mol. The number of hydrogen-bond acceptors (Lipinski definition) is 7. The third kappa shape index (κ3) is 3.94. The molecule has 0 spiro atoms. The van der Waals surface area contributed by atoms with Gasteiger partial charge in [-0.25, -0.2) is 21.1 Å². The van der Waals surface area contributed by atoms with Crippen LogP contribution in [0.25, 0.3) is 0 Å². The Hall–Kier alpha value is -2.79. The van der Waals surface area contributed by atoms with Gasteiger partial charge in [0.05, 0.1) is 42.2 Å². The molecule has 0 aromatic heterocycles. The summed E-state index contributed by atoms with van der Waals surface area (Å²) in [6, 6.07) is 8.54. The van der Waals surface area contributed by atoms with Crippen LogP contribution in [0.5, 0.6) is 11.5 Å². The third-order valence-electron chi connectivity index (χ3n) is 4.68. The van der Waals surface area contributed by atoms with Crippen molar-refractivity contribution in [2.75, 3.05) is 29.0 Å². The Morgan fingerprint density at radius 1 is 1.07 bits per heavy atom. The van der Waals surface area contributed by atoms with Gasteiger partial charge < -0.3 is 9.47 Å². The summed E-state index contributed by atoms with van der Waals surface area (Å²) in [6.07, 6.45) is 0. The van der Waals surface area contributed by atoms with Crippen LogP contribution < -0.4 is 18.5 Å². The highest BCUT2D eigenvalue weighted by Gasteiger charge is 2.42. The lowest BCUT2D eigenvalue weighted by molar-refractivity contribution is -0.119. The molecule has 0 radical (unpaired) electrons. The molecule has 1 saturated heterocycles. The fourth-order valence-electron chi connectivity index (χ4n) is 3.26. The highest BCUT2D eigenvalue weighted by atomic mass is 32.2. The molecule has 1 heterocycles. The molecule has 0 bridgehead atoms. The quantitative estimate of drug-likeness (QED) is 0.710. The molecule has 11 heteroatoms. The van der Waals surface area contributed by atoms with Crippen molar-refractivity contribution < 1.29 is 31.1 Å². The van der Waals surface area contributed by atoms with E-state index >= 15 is 0 Å². The summed E-state index contributed by atoms with van der Waals surface area (Å²) < 4.78 is 63.8. The van der Waals surface area contributed by atoms with E-state index in [0.717, 1.165) is 4.31 Å². The standard InChI is InChI=1S/C19H22N2O7S2/c1-12-9-15(21-19(22)13(2)11-29(21,23)24)6-8-18(12)30(25,26)20-14-5-7-16(27-3)17(10-14)28-4/h5-10,13,20H,11H2,1-4H3. The van der Waals surface area contributed by atoms with Gasteiger partial charge in [0.25, 0.3) is 10.0 Å². The highest BCUT2D eigenvalue weighted by Crippen LogP contribution is 2.33. The molecule has 1 fully saturated rings. The second-order valence-electron chi connectivity index (χ2n) is 6.91. The van der Waals surface area contributed by atoms with Crippen LogP contribution in [0, 0.1) is 12.8 Å². The van der Waals surface area contributed by atoms with Gasteiger partial charge in [-0.2, -0.15) is 0 Å². The monoisotopic (exact) mass is 454 g/mol. The zero-order chi connectivity index (χ0) is 22.3. The topological polar surface area (TPSA) is 119 Å². The van der Waals surface area contributed by atoms with Gasteiger partial charge in [-0.1, -0.05) is 6.92 Å². The van der Waals surface area contributed by atoms with Crippen molar-refractivity contribution in [3.05, 3.63) is 42.0 Å². The van der Waals surface area contributed by atoms with Crippen LogP contribution in [0.2, 0.25) is 0 Å². The first-order valence-corrected chi connectivity index (χ1v) is 12.0. The number of ether oxygens (including phenoxy) is 2. The Morgan fingerprint density at radius 2 is 1.73 bits per heavy atom. The maximum Gasteiger partial charge on any atom is 0.262 e. The molecule has 30 heavy (non-hydrogen) atoms. The number of hydrogen-bond donors (Lipinski definition) is 1. The molecule has 3 rings (SSSR count). The Labute approximate surface area is 175 Å². The van der Waals surface area contributed by atoms with E-state index in [1.54, 1.807) is 13.0 Å². The molecule has 0 aliphatic carbocycles. The Kier molecular flexibility index (Phi) is 5.70. The van der Waals surface area contributed by atoms with E-state index < -0.39 is 31.9 Å². The smallest absolute Gasteiger partial charge is 0.262 e. The van der Waals surface area contributed by atoms with Gasteiger partial charge in [0, 0.05) is 6.07 Å². The minimum absolute atomic E-state index is 0.0434. The zero-order valence-electron chi connectivity index (χ0n) is 16.9. The molecule has 1 aliphatic heterocycles. The average molecular weight is 455 g/mol. The Bertz CT molecular complexity index is 1210. The lowest BCUT2D eigenvalue weighted by Gasteiger charge is -2.18. The van der Waals surface area contributed by atoms with Crippen LogP contribution in [-0.4, -0.2) is 42.7 Å². The summed E-state index contributed by atoms with van der Waals surface area (Å²) in [4.78, 5) is 12.2. The number of amides is 1. The van der Waals surface area contributed by atoms with Gasteiger partial charge in [0.1, 0.15) is 0 Å². The van der Waals surface area contributed by atoms with E-state index in [2.05, 4.69) is 4.72 Å². The average Bonchev–Trinajstić information content (AvgIpc) is 2.87. The van der Waals surface area contributed by atoms with Gasteiger partial charge in [0.2, 0.25) is 15.9 Å². The van der Waals surface area contributed by atoms with Crippen LogP contribution in [-0.2, 0) is 24.8 Å². The maximum atomic E-state index is 12.9. The minimum atomic E-state index is -3.98. The number of benzene rings is 2. The van der Waals surface area contributed by atoms with Crippen LogP contribution in [0.15, 0.2) is 41.3 Å². The van der Waals surface area contributed by atoms with Crippen LogP contribution in [0.1, 0.15) is 12.5 Å². The molecule has 1 atom stereocenters. The van der Waals surface area contributed by atoms with Crippen molar-refractivity contribution >= 4 is 37.3 Å².